The molecule has 0 atom stereocenters. The van der Waals surface area contributed by atoms with Crippen LogP contribution >= 0.6 is 0 Å². The van der Waals surface area contributed by atoms with E-state index in [-0.39, 0.29) is 0 Å². The van der Waals surface area contributed by atoms with Crippen molar-refractivity contribution in [2.75, 3.05) is 20.1 Å². The molecule has 0 unspecified atom stereocenters. The van der Waals surface area contributed by atoms with Gasteiger partial charge in [-0.15, -0.1) is 0 Å². The normalized spacial score (nSPS) is 19.3. The van der Waals surface area contributed by atoms with Gasteiger partial charge in [0.1, 0.15) is 6.33 Å². The molecule has 0 spiro atoms. The largest absolute Gasteiger partial charge is 0.310 e. The van der Waals surface area contributed by atoms with Crippen LogP contribution in [0.1, 0.15) is 18.4 Å². The van der Waals surface area contributed by atoms with Crippen LogP contribution < -0.4 is 5.32 Å². The lowest BCUT2D eigenvalue weighted by Gasteiger charge is -2.29. The first kappa shape index (κ1) is 10.5. The minimum Gasteiger partial charge on any atom is -0.310 e. The molecule has 0 aliphatic carbocycles. The van der Waals surface area contributed by atoms with Crippen LogP contribution in [-0.4, -0.2) is 41.0 Å². The van der Waals surface area contributed by atoms with Crippen molar-refractivity contribution in [3.05, 3.63) is 24.3 Å². The molecular formula is C11H18N4. The lowest BCUT2D eigenvalue weighted by molar-refractivity contribution is 0.234. The lowest BCUT2D eigenvalue weighted by Crippen LogP contribution is -2.40. The molecular weight excluding hydrogens is 188 g/mol. The molecule has 4 nitrogen and oxygen atoms in total. The Morgan fingerprint density at radius 3 is 2.67 bits per heavy atom. The second-order valence-corrected chi connectivity index (χ2v) is 4.21. The monoisotopic (exact) mass is 206 g/mol. The third-order valence-corrected chi connectivity index (χ3v) is 2.93. The summed E-state index contributed by atoms with van der Waals surface area (Å²) in [5.41, 5.74) is 1.16. The summed E-state index contributed by atoms with van der Waals surface area (Å²) in [4.78, 5) is 10.4. The molecule has 1 aliphatic rings. The van der Waals surface area contributed by atoms with E-state index in [0.717, 1.165) is 12.1 Å². The highest BCUT2D eigenvalue weighted by atomic mass is 15.1. The van der Waals surface area contributed by atoms with Gasteiger partial charge in [-0.2, -0.15) is 0 Å². The van der Waals surface area contributed by atoms with Crippen molar-refractivity contribution in [3.63, 3.8) is 0 Å². The van der Waals surface area contributed by atoms with Gasteiger partial charge in [0.15, 0.2) is 0 Å². The van der Waals surface area contributed by atoms with Crippen LogP contribution in [0.25, 0.3) is 0 Å². The first-order chi connectivity index (χ1) is 7.34. The van der Waals surface area contributed by atoms with Gasteiger partial charge in [0.05, 0.1) is 0 Å². The number of likely N-dealkylation sites (tertiary alicyclic amines) is 1. The van der Waals surface area contributed by atoms with Gasteiger partial charge in [-0.1, -0.05) is 0 Å². The van der Waals surface area contributed by atoms with Gasteiger partial charge in [-0.25, -0.2) is 9.97 Å². The summed E-state index contributed by atoms with van der Waals surface area (Å²) in [6, 6.07) is 0.654. The number of nitrogens with one attached hydrogen (secondary N) is 1. The van der Waals surface area contributed by atoms with Gasteiger partial charge in [0, 0.05) is 30.5 Å². The van der Waals surface area contributed by atoms with Crippen LogP contribution in [0.2, 0.25) is 0 Å². The fraction of sp³-hybridized carbons (Fsp3) is 0.636. The SMILES string of the molecule is CN1CCC(NCc2cncnc2)CC1. The van der Waals surface area contributed by atoms with Crippen LogP contribution in [-0.2, 0) is 6.54 Å². The smallest absolute Gasteiger partial charge is 0.115 e. The van der Waals surface area contributed by atoms with Gasteiger partial charge in [-0.3, -0.25) is 0 Å². The average Bonchev–Trinajstić information content (AvgIpc) is 2.30. The summed E-state index contributed by atoms with van der Waals surface area (Å²) in [7, 11) is 2.18. The predicted molar refractivity (Wildman–Crippen MR) is 59.4 cm³/mol. The number of aromatic nitrogens is 2. The fourth-order valence-electron chi connectivity index (χ4n) is 1.90. The summed E-state index contributed by atoms with van der Waals surface area (Å²) < 4.78 is 0. The Morgan fingerprint density at radius 1 is 1.33 bits per heavy atom. The number of nitrogens with zero attached hydrogens (tertiary/aromatic N) is 3. The van der Waals surface area contributed by atoms with E-state index in [1.54, 1.807) is 6.33 Å². The van der Waals surface area contributed by atoms with Gasteiger partial charge in [-0.05, 0) is 33.0 Å². The average molecular weight is 206 g/mol. The van der Waals surface area contributed by atoms with Crippen molar-refractivity contribution in [3.8, 4) is 0 Å². The van der Waals surface area contributed by atoms with E-state index in [9.17, 15) is 0 Å². The lowest BCUT2D eigenvalue weighted by atomic mass is 10.1. The molecule has 2 rings (SSSR count). The van der Waals surface area contributed by atoms with E-state index in [1.807, 2.05) is 12.4 Å². The minimum absolute atomic E-state index is 0.654. The quantitative estimate of drug-likeness (QED) is 0.789. The third kappa shape index (κ3) is 3.25. The molecule has 0 amide bonds. The van der Waals surface area contributed by atoms with Crippen molar-refractivity contribution in [1.82, 2.24) is 20.2 Å². The fourth-order valence-corrected chi connectivity index (χ4v) is 1.90. The summed E-state index contributed by atoms with van der Waals surface area (Å²) in [6.45, 7) is 3.28. The number of hydrogen-bond acceptors (Lipinski definition) is 4. The van der Waals surface area contributed by atoms with E-state index in [4.69, 9.17) is 0 Å². The van der Waals surface area contributed by atoms with E-state index < -0.39 is 0 Å². The van der Waals surface area contributed by atoms with Crippen molar-refractivity contribution in [1.29, 1.82) is 0 Å². The predicted octanol–water partition coefficient (Wildman–Crippen LogP) is 0.660. The first-order valence-corrected chi connectivity index (χ1v) is 5.50. The molecule has 1 fully saturated rings. The molecule has 1 N–H and O–H groups in total. The summed E-state index contributed by atoms with van der Waals surface area (Å²) >= 11 is 0. The Balaban J connectivity index is 1.74. The molecule has 1 aromatic heterocycles. The molecule has 1 aromatic rings. The Bertz CT molecular complexity index is 280. The Kier molecular flexibility index (Phi) is 3.64. The topological polar surface area (TPSA) is 41.0 Å². The summed E-state index contributed by atoms with van der Waals surface area (Å²) in [5.74, 6) is 0. The second-order valence-electron chi connectivity index (χ2n) is 4.21. The number of piperidine rings is 1. The Labute approximate surface area is 90.7 Å². The van der Waals surface area contributed by atoms with Crippen LogP contribution in [0.15, 0.2) is 18.7 Å². The molecule has 1 aliphatic heterocycles. The molecule has 15 heavy (non-hydrogen) atoms. The highest BCUT2D eigenvalue weighted by Crippen LogP contribution is 2.08. The summed E-state index contributed by atoms with van der Waals surface area (Å²) in [6.07, 6.45) is 7.79. The second kappa shape index (κ2) is 5.19. The van der Waals surface area contributed by atoms with E-state index in [0.29, 0.717) is 6.04 Å². The molecule has 0 aromatic carbocycles. The van der Waals surface area contributed by atoms with Gasteiger partial charge in [0.25, 0.3) is 0 Å². The molecule has 2 heterocycles. The zero-order valence-corrected chi connectivity index (χ0v) is 9.19. The number of rotatable bonds is 3. The first-order valence-electron chi connectivity index (χ1n) is 5.50. The number of hydrogen-bond donors (Lipinski definition) is 1. The summed E-state index contributed by atoms with van der Waals surface area (Å²) in [5, 5.41) is 3.55. The van der Waals surface area contributed by atoms with Crippen molar-refractivity contribution >= 4 is 0 Å². The maximum absolute atomic E-state index is 4.00. The van der Waals surface area contributed by atoms with E-state index in [1.165, 1.54) is 25.9 Å². The van der Waals surface area contributed by atoms with Gasteiger partial charge < -0.3 is 10.2 Å². The Morgan fingerprint density at radius 2 is 2.00 bits per heavy atom. The van der Waals surface area contributed by atoms with Crippen LogP contribution in [0.5, 0.6) is 0 Å². The minimum atomic E-state index is 0.654. The zero-order chi connectivity index (χ0) is 10.5. The van der Waals surface area contributed by atoms with Crippen molar-refractivity contribution in [2.24, 2.45) is 0 Å². The molecule has 0 bridgehead atoms. The highest BCUT2D eigenvalue weighted by molar-refractivity contribution is 5.01. The molecule has 0 radical (unpaired) electrons. The van der Waals surface area contributed by atoms with E-state index in [2.05, 4.69) is 27.2 Å². The molecule has 4 heteroatoms. The van der Waals surface area contributed by atoms with Crippen molar-refractivity contribution in [2.45, 2.75) is 25.4 Å². The molecule has 0 saturated carbocycles. The Hall–Kier alpha value is -1.00. The maximum atomic E-state index is 4.00. The standard InChI is InChI=1S/C11H18N4/c1-15-4-2-11(3-5-15)14-8-10-6-12-9-13-7-10/h6-7,9,11,14H,2-5,8H2,1H3. The van der Waals surface area contributed by atoms with Crippen molar-refractivity contribution < 1.29 is 0 Å². The van der Waals surface area contributed by atoms with E-state index >= 15 is 0 Å². The highest BCUT2D eigenvalue weighted by Gasteiger charge is 2.15. The third-order valence-electron chi connectivity index (χ3n) is 2.93. The van der Waals surface area contributed by atoms with Crippen LogP contribution in [0.4, 0.5) is 0 Å². The molecule has 1 saturated heterocycles. The van der Waals surface area contributed by atoms with Gasteiger partial charge >= 0.3 is 0 Å². The molecule has 82 valence electrons. The maximum Gasteiger partial charge on any atom is 0.115 e. The van der Waals surface area contributed by atoms with Crippen LogP contribution in [0, 0.1) is 0 Å². The van der Waals surface area contributed by atoms with Gasteiger partial charge in [0.2, 0.25) is 0 Å². The van der Waals surface area contributed by atoms with Crippen LogP contribution in [0.3, 0.4) is 0 Å². The zero-order valence-electron chi connectivity index (χ0n) is 9.19.